The lowest BCUT2D eigenvalue weighted by molar-refractivity contribution is 1.14. The molecule has 3 nitrogen and oxygen atoms in total. The van der Waals surface area contributed by atoms with Gasteiger partial charge in [-0.15, -0.1) is 0 Å². The highest BCUT2D eigenvalue weighted by molar-refractivity contribution is 6.14. The van der Waals surface area contributed by atoms with Gasteiger partial charge in [0.25, 0.3) is 0 Å². The van der Waals surface area contributed by atoms with Crippen molar-refractivity contribution in [1.82, 2.24) is 13.7 Å². The Bertz CT molecular complexity index is 4460. The molecule has 15 rings (SSSR count). The third kappa shape index (κ3) is 6.83. The van der Waals surface area contributed by atoms with Crippen LogP contribution in [0.1, 0.15) is 0 Å². The predicted octanol–water partition coefficient (Wildman–Crippen LogP) is 19.3. The minimum Gasteiger partial charge on any atom is -0.309 e. The lowest BCUT2D eigenvalue weighted by Gasteiger charge is -2.20. The molecule has 3 heteroatoms. The van der Waals surface area contributed by atoms with Crippen LogP contribution in [0.3, 0.4) is 0 Å². The average Bonchev–Trinajstić information content (AvgIpc) is 4.13. The lowest BCUT2D eigenvalue weighted by atomic mass is 9.92. The Morgan fingerprint density at radius 3 is 0.960 bits per heavy atom. The van der Waals surface area contributed by atoms with Gasteiger partial charge in [-0.05, 0) is 117 Å². The molecule has 0 aliphatic carbocycles. The zero-order valence-corrected chi connectivity index (χ0v) is 41.0. The molecule has 12 aromatic carbocycles. The van der Waals surface area contributed by atoms with E-state index in [1.165, 1.54) is 98.9 Å². The van der Waals surface area contributed by atoms with E-state index in [9.17, 15) is 0 Å². The first-order chi connectivity index (χ1) is 37.2. The molecule has 350 valence electrons. The first kappa shape index (κ1) is 42.7. The smallest absolute Gasteiger partial charge is 0.0542 e. The van der Waals surface area contributed by atoms with Crippen molar-refractivity contribution in [2.75, 3.05) is 0 Å². The monoisotopic (exact) mass is 953 g/mol. The van der Waals surface area contributed by atoms with Gasteiger partial charge in [0.05, 0.1) is 44.5 Å². The minimum atomic E-state index is 1.10. The molecule has 3 aromatic heterocycles. The summed E-state index contributed by atoms with van der Waals surface area (Å²) in [6.07, 6.45) is 0. The van der Waals surface area contributed by atoms with Crippen LogP contribution in [0.25, 0.3) is 138 Å². The largest absolute Gasteiger partial charge is 0.309 e. The second-order valence-corrected chi connectivity index (χ2v) is 19.6. The summed E-state index contributed by atoms with van der Waals surface area (Å²) in [5.74, 6) is 0. The fourth-order valence-corrected chi connectivity index (χ4v) is 12.2. The highest BCUT2D eigenvalue weighted by atomic mass is 15.0. The van der Waals surface area contributed by atoms with Crippen LogP contribution in [0.2, 0.25) is 0 Å². The number of hydrogen-bond acceptors (Lipinski definition) is 0. The van der Waals surface area contributed by atoms with Gasteiger partial charge in [-0.2, -0.15) is 0 Å². The van der Waals surface area contributed by atoms with Crippen LogP contribution < -0.4 is 0 Å². The molecule has 0 radical (unpaired) electrons. The zero-order chi connectivity index (χ0) is 49.4. The van der Waals surface area contributed by atoms with Gasteiger partial charge in [-0.25, -0.2) is 0 Å². The molecule has 0 saturated carbocycles. The molecule has 0 unspecified atom stereocenters. The van der Waals surface area contributed by atoms with Gasteiger partial charge in [0.2, 0.25) is 0 Å². The molecule has 3 heterocycles. The molecule has 0 bridgehead atoms. The lowest BCUT2D eigenvalue weighted by Crippen LogP contribution is -2.03. The van der Waals surface area contributed by atoms with Crippen molar-refractivity contribution in [3.05, 3.63) is 285 Å². The van der Waals surface area contributed by atoms with Gasteiger partial charge in [0.15, 0.2) is 0 Å². The average molecular weight is 954 g/mol. The van der Waals surface area contributed by atoms with E-state index in [1.807, 2.05) is 0 Å². The minimum absolute atomic E-state index is 1.10. The molecule has 0 aliphatic rings. The van der Waals surface area contributed by atoms with Gasteiger partial charge in [-0.1, -0.05) is 212 Å². The molecular weight excluding hydrogens is 907 g/mol. The summed E-state index contributed by atoms with van der Waals surface area (Å²) in [5.41, 5.74) is 22.1. The van der Waals surface area contributed by atoms with Crippen molar-refractivity contribution in [3.8, 4) is 72.7 Å². The van der Waals surface area contributed by atoms with Crippen molar-refractivity contribution in [1.29, 1.82) is 0 Å². The molecule has 0 fully saturated rings. The van der Waals surface area contributed by atoms with E-state index in [4.69, 9.17) is 0 Å². The van der Waals surface area contributed by atoms with Crippen molar-refractivity contribution in [2.24, 2.45) is 0 Å². The number of hydrogen-bond donors (Lipinski definition) is 0. The van der Waals surface area contributed by atoms with Crippen LogP contribution in [0.5, 0.6) is 0 Å². The molecule has 0 N–H and O–H groups in total. The van der Waals surface area contributed by atoms with E-state index in [0.717, 1.165) is 39.2 Å². The molecule has 0 aliphatic heterocycles. The number of aromatic nitrogens is 3. The molecule has 0 spiro atoms. The number of benzene rings is 12. The van der Waals surface area contributed by atoms with E-state index in [0.29, 0.717) is 0 Å². The number of fused-ring (bicyclic) bond motifs is 9. The summed E-state index contributed by atoms with van der Waals surface area (Å²) in [4.78, 5) is 0. The fourth-order valence-electron chi connectivity index (χ4n) is 12.2. The summed E-state index contributed by atoms with van der Waals surface area (Å²) in [5, 5.41) is 7.33. The molecule has 0 saturated heterocycles. The molecule has 75 heavy (non-hydrogen) atoms. The molecule has 0 amide bonds. The highest BCUT2D eigenvalue weighted by Crippen LogP contribution is 2.45. The Kier molecular flexibility index (Phi) is 9.89. The van der Waals surface area contributed by atoms with Gasteiger partial charge in [0, 0.05) is 49.1 Å². The van der Waals surface area contributed by atoms with Crippen LogP contribution in [-0.2, 0) is 0 Å². The zero-order valence-electron chi connectivity index (χ0n) is 41.0. The third-order valence-electron chi connectivity index (χ3n) is 15.5. The van der Waals surface area contributed by atoms with Gasteiger partial charge < -0.3 is 13.7 Å². The first-order valence-electron chi connectivity index (χ1n) is 25.8. The standard InChI is InChI=1S/C72H47N3/c1-3-21-48(22-4-1)53-25-7-9-27-55(53)50-39-42-70-62(45-50)63-46-51(56-28-10-8-26-54(56)49-23-5-2-6-24-49)40-43-71(63)75(70)72-44-41-52(73-65-34-16-11-29-57(65)58-30-12-17-35-66(58)73)47-64(72)61-33-15-20-38-69(61)74-67-36-18-13-31-59(67)60-32-14-19-37-68(60)74/h1-47H. The van der Waals surface area contributed by atoms with E-state index in [1.54, 1.807) is 0 Å². The summed E-state index contributed by atoms with van der Waals surface area (Å²) in [6.45, 7) is 0. The normalized spacial score (nSPS) is 11.7. The van der Waals surface area contributed by atoms with Crippen molar-refractivity contribution in [2.45, 2.75) is 0 Å². The predicted molar refractivity (Wildman–Crippen MR) is 317 cm³/mol. The van der Waals surface area contributed by atoms with Crippen LogP contribution in [0.4, 0.5) is 0 Å². The SMILES string of the molecule is c1ccc(-c2ccccc2-c2ccc3c(c2)c2cc(-c4ccccc4-c4ccccc4)ccc2n3-c2ccc(-n3c4ccccc4c4ccccc43)cc2-c2ccccc2-n2c3ccccc3c3ccccc32)cc1. The Labute approximate surface area is 434 Å². The van der Waals surface area contributed by atoms with Crippen LogP contribution in [0.15, 0.2) is 285 Å². The van der Waals surface area contributed by atoms with E-state index >= 15 is 0 Å². The maximum absolute atomic E-state index is 2.53. The number of para-hydroxylation sites is 5. The van der Waals surface area contributed by atoms with Crippen molar-refractivity contribution < 1.29 is 0 Å². The molecule has 0 atom stereocenters. The van der Waals surface area contributed by atoms with E-state index in [-0.39, 0.29) is 0 Å². The summed E-state index contributed by atoms with van der Waals surface area (Å²) in [7, 11) is 0. The Hall–Kier alpha value is -9.96. The van der Waals surface area contributed by atoms with Crippen LogP contribution >= 0.6 is 0 Å². The Morgan fingerprint density at radius 1 is 0.173 bits per heavy atom. The Balaban J connectivity index is 1.04. The van der Waals surface area contributed by atoms with Crippen molar-refractivity contribution >= 4 is 65.4 Å². The van der Waals surface area contributed by atoms with Crippen LogP contribution in [-0.4, -0.2) is 13.7 Å². The summed E-state index contributed by atoms with van der Waals surface area (Å²) in [6, 6.07) is 105. The summed E-state index contributed by atoms with van der Waals surface area (Å²) >= 11 is 0. The summed E-state index contributed by atoms with van der Waals surface area (Å²) < 4.78 is 7.44. The van der Waals surface area contributed by atoms with Gasteiger partial charge in [0.1, 0.15) is 0 Å². The molecule has 15 aromatic rings. The van der Waals surface area contributed by atoms with E-state index < -0.39 is 0 Å². The third-order valence-corrected chi connectivity index (χ3v) is 15.5. The Morgan fingerprint density at radius 2 is 0.507 bits per heavy atom. The maximum atomic E-state index is 2.53. The first-order valence-corrected chi connectivity index (χ1v) is 25.8. The van der Waals surface area contributed by atoms with Crippen molar-refractivity contribution in [3.63, 3.8) is 0 Å². The molecular formula is C72H47N3. The second-order valence-electron chi connectivity index (χ2n) is 19.6. The maximum Gasteiger partial charge on any atom is 0.0542 e. The van der Waals surface area contributed by atoms with Gasteiger partial charge in [-0.3, -0.25) is 0 Å². The topological polar surface area (TPSA) is 14.8 Å². The second kappa shape index (κ2) is 17.4. The fraction of sp³-hybridized carbons (Fsp3) is 0. The van der Waals surface area contributed by atoms with Gasteiger partial charge >= 0.3 is 0 Å². The van der Waals surface area contributed by atoms with E-state index in [2.05, 4.69) is 299 Å². The number of nitrogens with zero attached hydrogens (tertiary/aromatic N) is 3. The highest BCUT2D eigenvalue weighted by Gasteiger charge is 2.23. The number of rotatable bonds is 8. The van der Waals surface area contributed by atoms with Crippen LogP contribution in [0, 0.1) is 0 Å². The quantitative estimate of drug-likeness (QED) is 0.144.